The van der Waals surface area contributed by atoms with Crippen molar-refractivity contribution >= 4 is 0 Å². The largest absolute Gasteiger partial charge is 0.395 e. The van der Waals surface area contributed by atoms with Gasteiger partial charge in [-0.2, -0.15) is 0 Å². The van der Waals surface area contributed by atoms with E-state index in [1.165, 1.54) is 19.3 Å². The smallest absolute Gasteiger partial charge is 0.0701 e. The van der Waals surface area contributed by atoms with Crippen LogP contribution < -0.4 is 0 Å². The first-order chi connectivity index (χ1) is 8.88. The summed E-state index contributed by atoms with van der Waals surface area (Å²) in [6.07, 6.45) is 3.85. The fourth-order valence-electron chi connectivity index (χ4n) is 2.00. The number of nitrogens with zero attached hydrogens (tertiary/aromatic N) is 1. The Morgan fingerprint density at radius 1 is 1.00 bits per heavy atom. The Morgan fingerprint density at radius 3 is 2.22 bits per heavy atom. The van der Waals surface area contributed by atoms with Crippen molar-refractivity contribution in [1.82, 2.24) is 4.90 Å². The van der Waals surface area contributed by atoms with Crippen molar-refractivity contribution in [3.05, 3.63) is 0 Å². The van der Waals surface area contributed by atoms with E-state index >= 15 is 0 Å². The van der Waals surface area contributed by atoms with Crippen molar-refractivity contribution in [2.45, 2.75) is 25.3 Å². The van der Waals surface area contributed by atoms with Crippen molar-refractivity contribution in [2.75, 3.05) is 59.8 Å². The summed E-state index contributed by atoms with van der Waals surface area (Å²) in [5, 5.41) is 9.01. The van der Waals surface area contributed by atoms with Gasteiger partial charge in [0.05, 0.1) is 39.6 Å². The average Bonchev–Trinajstić information content (AvgIpc) is 2.30. The molecule has 1 saturated carbocycles. The number of aliphatic hydroxyl groups is 1. The molecule has 0 aromatic heterocycles. The van der Waals surface area contributed by atoms with E-state index in [1.54, 1.807) is 7.11 Å². The fourth-order valence-corrected chi connectivity index (χ4v) is 2.00. The molecule has 0 heterocycles. The topological polar surface area (TPSA) is 51.2 Å². The number of rotatable bonds is 12. The van der Waals surface area contributed by atoms with Crippen LogP contribution in [0.1, 0.15) is 19.3 Å². The minimum atomic E-state index is 0.233. The summed E-state index contributed by atoms with van der Waals surface area (Å²) in [4.78, 5) is 2.33. The summed E-state index contributed by atoms with van der Waals surface area (Å²) < 4.78 is 15.7. The first kappa shape index (κ1) is 15.9. The van der Waals surface area contributed by atoms with Crippen molar-refractivity contribution in [1.29, 1.82) is 0 Å². The molecule has 0 spiro atoms. The first-order valence-electron chi connectivity index (χ1n) is 6.88. The van der Waals surface area contributed by atoms with E-state index in [2.05, 4.69) is 4.90 Å². The summed E-state index contributed by atoms with van der Waals surface area (Å²) in [6, 6.07) is 0.665. The van der Waals surface area contributed by atoms with Gasteiger partial charge in [0.25, 0.3) is 0 Å². The van der Waals surface area contributed by atoms with Crippen LogP contribution >= 0.6 is 0 Å². The lowest BCUT2D eigenvalue weighted by atomic mass is 9.91. The molecule has 1 N–H and O–H groups in total. The van der Waals surface area contributed by atoms with Crippen LogP contribution in [0.2, 0.25) is 0 Å². The maximum Gasteiger partial charge on any atom is 0.0701 e. The number of hydrogen-bond donors (Lipinski definition) is 1. The van der Waals surface area contributed by atoms with Gasteiger partial charge in [0.2, 0.25) is 0 Å². The second-order valence-corrected chi connectivity index (χ2v) is 4.56. The van der Waals surface area contributed by atoms with Crippen molar-refractivity contribution < 1.29 is 19.3 Å². The molecule has 1 aliphatic rings. The van der Waals surface area contributed by atoms with E-state index in [0.717, 1.165) is 13.1 Å². The fraction of sp³-hybridized carbons (Fsp3) is 1.00. The molecule has 0 unspecified atom stereocenters. The monoisotopic (exact) mass is 261 g/mol. The summed E-state index contributed by atoms with van der Waals surface area (Å²) >= 11 is 0. The highest BCUT2D eigenvalue weighted by molar-refractivity contribution is 4.79. The lowest BCUT2D eigenvalue weighted by molar-refractivity contribution is 0.00996. The molecule has 1 aliphatic carbocycles. The zero-order valence-electron chi connectivity index (χ0n) is 11.5. The molecule has 5 nitrogen and oxygen atoms in total. The highest BCUT2D eigenvalue weighted by atomic mass is 16.5. The zero-order valence-corrected chi connectivity index (χ0v) is 11.5. The molecule has 0 bridgehead atoms. The van der Waals surface area contributed by atoms with Gasteiger partial charge in [-0.1, -0.05) is 6.42 Å². The molecular weight excluding hydrogens is 234 g/mol. The molecule has 0 amide bonds. The molecule has 0 aromatic carbocycles. The minimum Gasteiger partial charge on any atom is -0.395 e. The van der Waals surface area contributed by atoms with E-state index in [9.17, 15) is 0 Å². The Kier molecular flexibility index (Phi) is 9.42. The molecule has 1 fully saturated rings. The van der Waals surface area contributed by atoms with E-state index in [1.807, 2.05) is 0 Å². The van der Waals surface area contributed by atoms with E-state index in [-0.39, 0.29) is 6.61 Å². The van der Waals surface area contributed by atoms with Crippen LogP contribution in [-0.2, 0) is 14.2 Å². The molecule has 0 aliphatic heterocycles. The highest BCUT2D eigenvalue weighted by Gasteiger charge is 2.23. The van der Waals surface area contributed by atoms with Crippen molar-refractivity contribution in [3.8, 4) is 0 Å². The Hall–Kier alpha value is -0.200. The molecule has 1 rings (SSSR count). The normalized spacial score (nSPS) is 16.2. The Labute approximate surface area is 110 Å². The molecule has 18 heavy (non-hydrogen) atoms. The Balaban J connectivity index is 1.91. The number of ether oxygens (including phenoxy) is 3. The summed E-state index contributed by atoms with van der Waals surface area (Å²) in [7, 11) is 1.66. The van der Waals surface area contributed by atoms with Crippen LogP contribution in [0.25, 0.3) is 0 Å². The van der Waals surface area contributed by atoms with Crippen molar-refractivity contribution in [3.63, 3.8) is 0 Å². The van der Waals surface area contributed by atoms with Crippen LogP contribution in [-0.4, -0.2) is 75.9 Å². The van der Waals surface area contributed by atoms with Crippen LogP contribution in [0.4, 0.5) is 0 Å². The van der Waals surface area contributed by atoms with E-state index in [0.29, 0.717) is 39.1 Å². The predicted molar refractivity (Wildman–Crippen MR) is 69.8 cm³/mol. The van der Waals surface area contributed by atoms with Gasteiger partial charge in [-0.3, -0.25) is 4.90 Å². The number of methoxy groups -OCH3 is 1. The molecule has 0 radical (unpaired) electrons. The number of hydrogen-bond acceptors (Lipinski definition) is 5. The molecule has 0 aromatic rings. The maximum atomic E-state index is 9.01. The Morgan fingerprint density at radius 2 is 1.67 bits per heavy atom. The lowest BCUT2D eigenvalue weighted by Crippen LogP contribution is -2.43. The predicted octanol–water partition coefficient (Wildman–Crippen LogP) is 0.513. The third kappa shape index (κ3) is 6.66. The third-order valence-corrected chi connectivity index (χ3v) is 3.30. The van der Waals surface area contributed by atoms with Crippen LogP contribution in [0.5, 0.6) is 0 Å². The SMILES string of the molecule is COCCOCCOCCN(CCO)C1CCC1. The van der Waals surface area contributed by atoms with Gasteiger partial charge in [-0.15, -0.1) is 0 Å². The van der Waals surface area contributed by atoms with Crippen LogP contribution in [0.15, 0.2) is 0 Å². The molecule has 5 heteroatoms. The molecular formula is C13H27NO4. The minimum absolute atomic E-state index is 0.233. The van der Waals surface area contributed by atoms with Crippen molar-refractivity contribution in [2.24, 2.45) is 0 Å². The molecule has 0 atom stereocenters. The number of aliphatic hydroxyl groups excluding tert-OH is 1. The van der Waals surface area contributed by atoms with Gasteiger partial charge in [0, 0.05) is 26.2 Å². The third-order valence-electron chi connectivity index (χ3n) is 3.30. The summed E-state index contributed by atoms with van der Waals surface area (Å²) in [5.41, 5.74) is 0. The average molecular weight is 261 g/mol. The van der Waals surface area contributed by atoms with Gasteiger partial charge in [0.15, 0.2) is 0 Å². The lowest BCUT2D eigenvalue weighted by Gasteiger charge is -2.37. The molecule has 108 valence electrons. The van der Waals surface area contributed by atoms with Gasteiger partial charge in [-0.25, -0.2) is 0 Å². The van der Waals surface area contributed by atoms with Gasteiger partial charge >= 0.3 is 0 Å². The first-order valence-corrected chi connectivity index (χ1v) is 6.88. The van der Waals surface area contributed by atoms with Gasteiger partial charge < -0.3 is 19.3 Å². The zero-order chi connectivity index (χ0) is 13.1. The highest BCUT2D eigenvalue weighted by Crippen LogP contribution is 2.24. The molecule has 0 saturated heterocycles. The van der Waals surface area contributed by atoms with E-state index in [4.69, 9.17) is 19.3 Å². The maximum absolute atomic E-state index is 9.01. The van der Waals surface area contributed by atoms with E-state index < -0.39 is 0 Å². The van der Waals surface area contributed by atoms with Gasteiger partial charge in [-0.05, 0) is 12.8 Å². The second-order valence-electron chi connectivity index (χ2n) is 4.56. The summed E-state index contributed by atoms with van der Waals surface area (Å²) in [6.45, 7) is 5.11. The quantitative estimate of drug-likeness (QED) is 0.519. The van der Waals surface area contributed by atoms with Crippen LogP contribution in [0, 0.1) is 0 Å². The van der Waals surface area contributed by atoms with Gasteiger partial charge in [0.1, 0.15) is 0 Å². The summed E-state index contributed by atoms with van der Waals surface area (Å²) in [5.74, 6) is 0. The second kappa shape index (κ2) is 10.7. The standard InChI is InChI=1S/C13H27NO4/c1-16-9-10-18-12-11-17-8-6-14(5-7-15)13-3-2-4-13/h13,15H,2-12H2,1H3. The van der Waals surface area contributed by atoms with Crippen LogP contribution in [0.3, 0.4) is 0 Å². The Bertz CT molecular complexity index is 188.